The van der Waals surface area contributed by atoms with Crippen molar-refractivity contribution in [3.05, 3.63) is 48.3 Å². The molecule has 1 aliphatic heterocycles. The highest BCUT2D eigenvalue weighted by Gasteiger charge is 2.22. The van der Waals surface area contributed by atoms with Gasteiger partial charge in [0.2, 0.25) is 0 Å². The Morgan fingerprint density at radius 1 is 1.36 bits per heavy atom. The summed E-state index contributed by atoms with van der Waals surface area (Å²) in [5, 5.41) is 10.0. The lowest BCUT2D eigenvalue weighted by Gasteiger charge is -2.26. The Hall–Kier alpha value is -2.50. The van der Waals surface area contributed by atoms with Crippen molar-refractivity contribution in [3.8, 4) is 5.75 Å². The first-order valence-corrected chi connectivity index (χ1v) is 7.56. The third kappa shape index (κ3) is 3.58. The lowest BCUT2D eigenvalue weighted by atomic mass is 10.0. The number of aromatic nitrogens is 2. The molecule has 0 radical (unpaired) electrons. The zero-order valence-electron chi connectivity index (χ0n) is 12.4. The van der Waals surface area contributed by atoms with E-state index in [1.54, 1.807) is 6.20 Å². The summed E-state index contributed by atoms with van der Waals surface area (Å²) in [4.78, 5) is 12.0. The summed E-state index contributed by atoms with van der Waals surface area (Å²) in [6.45, 7) is 2.05. The first-order valence-electron chi connectivity index (χ1n) is 7.56. The zero-order valence-corrected chi connectivity index (χ0v) is 12.4. The van der Waals surface area contributed by atoms with E-state index < -0.39 is 0 Å². The topological polar surface area (TPSA) is 68.2 Å². The number of nitrogens with zero attached hydrogens (tertiary/aromatic N) is 2. The van der Waals surface area contributed by atoms with Gasteiger partial charge in [-0.2, -0.15) is 5.10 Å². The molecular formula is C16H20N4O2. The molecule has 2 N–H and O–H groups in total. The van der Waals surface area contributed by atoms with Crippen LogP contribution in [0.1, 0.15) is 24.4 Å². The molecular weight excluding hydrogens is 280 g/mol. The van der Waals surface area contributed by atoms with Crippen LogP contribution in [0.2, 0.25) is 0 Å². The van der Waals surface area contributed by atoms with Crippen LogP contribution in [-0.4, -0.2) is 29.0 Å². The van der Waals surface area contributed by atoms with Gasteiger partial charge in [-0.1, -0.05) is 18.2 Å². The maximum Gasteiger partial charge on any atom is 0.315 e. The summed E-state index contributed by atoms with van der Waals surface area (Å²) >= 11 is 0. The molecule has 0 aliphatic carbocycles. The van der Waals surface area contributed by atoms with Crippen LogP contribution in [0, 0.1) is 0 Å². The van der Waals surface area contributed by atoms with Gasteiger partial charge in [-0.15, -0.1) is 0 Å². The number of ether oxygens (including phenoxy) is 1. The summed E-state index contributed by atoms with van der Waals surface area (Å²) in [5.74, 6) is 0.859. The number of nitrogens with one attached hydrogen (secondary N) is 2. The highest BCUT2D eigenvalue weighted by molar-refractivity contribution is 5.74. The molecule has 3 rings (SSSR count). The number of benzene rings is 1. The number of carbonyl (C=O) groups excluding carboxylic acids is 1. The normalized spacial score (nSPS) is 16.5. The van der Waals surface area contributed by atoms with Crippen LogP contribution in [-0.2, 0) is 6.54 Å². The highest BCUT2D eigenvalue weighted by atomic mass is 16.5. The van der Waals surface area contributed by atoms with E-state index in [-0.39, 0.29) is 12.1 Å². The van der Waals surface area contributed by atoms with Gasteiger partial charge in [0.25, 0.3) is 0 Å². The Morgan fingerprint density at radius 2 is 2.27 bits per heavy atom. The number of urea groups is 1. The number of aryl methyl sites for hydroxylation is 1. The Kier molecular flexibility index (Phi) is 4.58. The Morgan fingerprint density at radius 3 is 3.14 bits per heavy atom. The molecule has 22 heavy (non-hydrogen) atoms. The van der Waals surface area contributed by atoms with Gasteiger partial charge in [-0.25, -0.2) is 4.79 Å². The molecule has 1 aromatic heterocycles. The summed E-state index contributed by atoms with van der Waals surface area (Å²) in [6, 6.07) is 9.60. The summed E-state index contributed by atoms with van der Waals surface area (Å²) in [6.07, 6.45) is 5.30. The second-order valence-corrected chi connectivity index (χ2v) is 5.25. The molecule has 1 aromatic carbocycles. The van der Waals surface area contributed by atoms with Gasteiger partial charge in [-0.3, -0.25) is 4.68 Å². The van der Waals surface area contributed by atoms with E-state index in [0.717, 1.165) is 30.7 Å². The average Bonchev–Trinajstić information content (AvgIpc) is 3.05. The first kappa shape index (κ1) is 14.4. The highest BCUT2D eigenvalue weighted by Crippen LogP contribution is 2.31. The molecule has 2 aromatic rings. The van der Waals surface area contributed by atoms with Crippen molar-refractivity contribution in [2.24, 2.45) is 0 Å². The second-order valence-electron chi connectivity index (χ2n) is 5.25. The number of amides is 2. The Balaban J connectivity index is 1.44. The quantitative estimate of drug-likeness (QED) is 0.831. The molecule has 0 spiro atoms. The van der Waals surface area contributed by atoms with Gasteiger partial charge in [0, 0.05) is 37.5 Å². The van der Waals surface area contributed by atoms with E-state index in [0.29, 0.717) is 13.2 Å². The minimum atomic E-state index is -0.137. The van der Waals surface area contributed by atoms with Crippen LogP contribution in [0.4, 0.5) is 4.79 Å². The fourth-order valence-electron chi connectivity index (χ4n) is 2.58. The monoisotopic (exact) mass is 300 g/mol. The lowest BCUT2D eigenvalue weighted by molar-refractivity contribution is 0.223. The van der Waals surface area contributed by atoms with Crippen LogP contribution in [0.15, 0.2) is 42.7 Å². The maximum absolute atomic E-state index is 12.0. The van der Waals surface area contributed by atoms with Crippen LogP contribution in [0.5, 0.6) is 5.75 Å². The number of fused-ring (bicyclic) bond motifs is 1. The van der Waals surface area contributed by atoms with Crippen LogP contribution in [0.3, 0.4) is 0 Å². The number of hydrogen-bond donors (Lipinski definition) is 2. The van der Waals surface area contributed by atoms with Crippen molar-refractivity contribution in [3.63, 3.8) is 0 Å². The van der Waals surface area contributed by atoms with Gasteiger partial charge in [0.15, 0.2) is 0 Å². The molecule has 0 bridgehead atoms. The van der Waals surface area contributed by atoms with Gasteiger partial charge < -0.3 is 15.4 Å². The van der Waals surface area contributed by atoms with Gasteiger partial charge >= 0.3 is 6.03 Å². The SMILES string of the molecule is O=C(NCCCn1cccn1)N[C@@H]1CCOc2ccccc21. The molecule has 0 fully saturated rings. The van der Waals surface area contributed by atoms with E-state index in [9.17, 15) is 4.79 Å². The number of carbonyl (C=O) groups is 1. The standard InChI is InChI=1S/C16H20N4O2/c21-16(17-8-3-10-20-11-4-9-18-20)19-14-7-12-22-15-6-2-1-5-13(14)15/h1-2,4-6,9,11,14H,3,7-8,10,12H2,(H2,17,19,21)/t14-/m1/s1. The molecule has 1 atom stereocenters. The molecule has 0 saturated heterocycles. The predicted molar refractivity (Wildman–Crippen MR) is 82.7 cm³/mol. The third-order valence-electron chi connectivity index (χ3n) is 3.67. The van der Waals surface area contributed by atoms with Crippen LogP contribution >= 0.6 is 0 Å². The molecule has 2 heterocycles. The molecule has 2 amide bonds. The van der Waals surface area contributed by atoms with Crippen molar-refractivity contribution >= 4 is 6.03 Å². The van der Waals surface area contributed by atoms with E-state index >= 15 is 0 Å². The Bertz CT molecular complexity index is 612. The summed E-state index contributed by atoms with van der Waals surface area (Å²) in [5.41, 5.74) is 1.04. The lowest BCUT2D eigenvalue weighted by Crippen LogP contribution is -2.40. The largest absolute Gasteiger partial charge is 0.493 e. The number of para-hydroxylation sites is 1. The van der Waals surface area contributed by atoms with Crippen molar-refractivity contribution in [1.29, 1.82) is 0 Å². The Labute approximate surface area is 129 Å². The van der Waals surface area contributed by atoms with Gasteiger partial charge in [-0.05, 0) is 18.6 Å². The van der Waals surface area contributed by atoms with Gasteiger partial charge in [0.1, 0.15) is 5.75 Å². The molecule has 0 unspecified atom stereocenters. The molecule has 116 valence electrons. The summed E-state index contributed by atoms with van der Waals surface area (Å²) < 4.78 is 7.45. The number of hydrogen-bond acceptors (Lipinski definition) is 3. The third-order valence-corrected chi connectivity index (χ3v) is 3.67. The van der Waals surface area contributed by atoms with E-state index in [1.165, 1.54) is 0 Å². The smallest absolute Gasteiger partial charge is 0.315 e. The van der Waals surface area contributed by atoms with E-state index in [1.807, 2.05) is 41.2 Å². The molecule has 6 heteroatoms. The molecule has 0 saturated carbocycles. The summed E-state index contributed by atoms with van der Waals surface area (Å²) in [7, 11) is 0. The van der Waals surface area contributed by atoms with Crippen molar-refractivity contribution < 1.29 is 9.53 Å². The zero-order chi connectivity index (χ0) is 15.2. The molecule has 6 nitrogen and oxygen atoms in total. The fourth-order valence-corrected chi connectivity index (χ4v) is 2.58. The predicted octanol–water partition coefficient (Wildman–Crippen LogP) is 2.10. The minimum Gasteiger partial charge on any atom is -0.493 e. The number of rotatable bonds is 5. The molecule has 1 aliphatic rings. The maximum atomic E-state index is 12.0. The van der Waals surface area contributed by atoms with Crippen molar-refractivity contribution in [2.75, 3.05) is 13.2 Å². The van der Waals surface area contributed by atoms with Crippen molar-refractivity contribution in [1.82, 2.24) is 20.4 Å². The van der Waals surface area contributed by atoms with E-state index in [4.69, 9.17) is 4.74 Å². The van der Waals surface area contributed by atoms with E-state index in [2.05, 4.69) is 15.7 Å². The average molecular weight is 300 g/mol. The second kappa shape index (κ2) is 6.98. The van der Waals surface area contributed by atoms with Crippen LogP contribution < -0.4 is 15.4 Å². The fraction of sp³-hybridized carbons (Fsp3) is 0.375. The first-order chi connectivity index (χ1) is 10.8. The minimum absolute atomic E-state index is 0.0102. The van der Waals surface area contributed by atoms with Crippen LogP contribution in [0.25, 0.3) is 0 Å². The van der Waals surface area contributed by atoms with Crippen molar-refractivity contribution in [2.45, 2.75) is 25.4 Å². The van der Waals surface area contributed by atoms with Gasteiger partial charge in [0.05, 0.1) is 12.6 Å².